The quantitative estimate of drug-likeness (QED) is 0.804. The van der Waals surface area contributed by atoms with E-state index in [4.69, 9.17) is 11.6 Å². The molecule has 2 heterocycles. The van der Waals surface area contributed by atoms with Crippen LogP contribution in [0.4, 0.5) is 0 Å². The van der Waals surface area contributed by atoms with E-state index < -0.39 is 6.10 Å². The largest absolute Gasteiger partial charge is 0.391 e. The first-order valence-corrected chi connectivity index (χ1v) is 7.62. The predicted octanol–water partition coefficient (Wildman–Crippen LogP) is 2.34. The Morgan fingerprint density at radius 3 is 3.25 bits per heavy atom. The van der Waals surface area contributed by atoms with E-state index in [1.165, 1.54) is 17.4 Å². The molecular weight excluding hydrogens is 298 g/mol. The second-order valence-corrected chi connectivity index (χ2v) is 5.60. The number of imidazole rings is 1. The van der Waals surface area contributed by atoms with Crippen molar-refractivity contribution in [1.29, 1.82) is 0 Å². The molecule has 7 heteroatoms. The normalized spacial score (nSPS) is 13.2. The van der Waals surface area contributed by atoms with Gasteiger partial charge in [0.05, 0.1) is 11.8 Å². The van der Waals surface area contributed by atoms with Crippen molar-refractivity contribution in [3.05, 3.63) is 28.5 Å². The first kappa shape index (κ1) is 15.0. The third-order valence-corrected chi connectivity index (χ3v) is 3.82. The van der Waals surface area contributed by atoms with Gasteiger partial charge in [0.1, 0.15) is 0 Å². The van der Waals surface area contributed by atoms with E-state index in [-0.39, 0.29) is 12.5 Å². The number of thiazole rings is 1. The van der Waals surface area contributed by atoms with Crippen LogP contribution in [0.15, 0.2) is 17.7 Å². The molecule has 0 aromatic carbocycles. The highest BCUT2D eigenvalue weighted by Gasteiger charge is 2.09. The topological polar surface area (TPSA) is 66.6 Å². The number of aliphatic hydroxyl groups excluding tert-OH is 1. The van der Waals surface area contributed by atoms with Crippen LogP contribution in [0.25, 0.3) is 11.0 Å². The van der Waals surface area contributed by atoms with E-state index >= 15 is 0 Å². The maximum Gasteiger partial charge on any atom is 0.244 e. The lowest BCUT2D eigenvalue weighted by Crippen LogP contribution is -2.30. The lowest BCUT2D eigenvalue weighted by atomic mass is 10.2. The maximum absolute atomic E-state index is 11.7. The van der Waals surface area contributed by atoms with Gasteiger partial charge in [-0.25, -0.2) is 4.98 Å². The summed E-state index contributed by atoms with van der Waals surface area (Å²) in [6.07, 6.45) is 5.92. The third kappa shape index (κ3) is 3.59. The van der Waals surface area contributed by atoms with Gasteiger partial charge >= 0.3 is 0 Å². The first-order valence-electron chi connectivity index (χ1n) is 6.36. The minimum Gasteiger partial charge on any atom is -0.391 e. The summed E-state index contributed by atoms with van der Waals surface area (Å²) in [6.45, 7) is 2.24. The van der Waals surface area contributed by atoms with Crippen molar-refractivity contribution in [1.82, 2.24) is 14.7 Å². The fraction of sp³-hybridized carbons (Fsp3) is 0.385. The molecule has 20 heavy (non-hydrogen) atoms. The number of carbonyl (C=O) groups excluding carboxylic acids is 1. The fourth-order valence-electron chi connectivity index (χ4n) is 1.79. The lowest BCUT2D eigenvalue weighted by molar-refractivity contribution is -0.116. The summed E-state index contributed by atoms with van der Waals surface area (Å²) < 4.78 is 1.82. The Morgan fingerprint density at radius 2 is 2.50 bits per heavy atom. The molecule has 0 spiro atoms. The molecule has 0 aliphatic heterocycles. The average molecular weight is 314 g/mol. The standard InChI is InChI=1S/C13H16ClN3O2S/c1-2-3-9(18)8-15-11(19)5-4-10-12(14)16-13-17(10)6-7-20-13/h4-7,9,18H,2-3,8H2,1H3,(H,15,19)/b5-4+. The van der Waals surface area contributed by atoms with Crippen LogP contribution in [0.2, 0.25) is 5.15 Å². The molecule has 2 rings (SSSR count). The van der Waals surface area contributed by atoms with Crippen LogP contribution >= 0.6 is 22.9 Å². The van der Waals surface area contributed by atoms with Crippen molar-refractivity contribution in [2.45, 2.75) is 25.9 Å². The fourth-order valence-corrected chi connectivity index (χ4v) is 2.80. The molecule has 0 saturated heterocycles. The second kappa shape index (κ2) is 6.88. The number of hydrogen-bond acceptors (Lipinski definition) is 4. The Kier molecular flexibility index (Phi) is 5.17. The number of fused-ring (bicyclic) bond motifs is 1. The number of aromatic nitrogens is 2. The molecule has 0 radical (unpaired) electrons. The van der Waals surface area contributed by atoms with Crippen LogP contribution in [0.5, 0.6) is 0 Å². The summed E-state index contributed by atoms with van der Waals surface area (Å²) in [5.41, 5.74) is 0.673. The molecule has 5 nitrogen and oxygen atoms in total. The van der Waals surface area contributed by atoms with Crippen molar-refractivity contribution in [2.24, 2.45) is 0 Å². The van der Waals surface area contributed by atoms with Crippen molar-refractivity contribution < 1.29 is 9.90 Å². The van der Waals surface area contributed by atoms with Gasteiger partial charge in [-0.1, -0.05) is 24.9 Å². The molecule has 2 aromatic rings. The third-order valence-electron chi connectivity index (χ3n) is 2.78. The smallest absolute Gasteiger partial charge is 0.244 e. The molecular formula is C13H16ClN3O2S. The summed E-state index contributed by atoms with van der Waals surface area (Å²) in [4.78, 5) is 16.6. The van der Waals surface area contributed by atoms with E-state index in [1.54, 1.807) is 6.08 Å². The van der Waals surface area contributed by atoms with Crippen LogP contribution < -0.4 is 5.32 Å². The second-order valence-electron chi connectivity index (χ2n) is 4.36. The van der Waals surface area contributed by atoms with E-state index in [1.807, 2.05) is 22.9 Å². The van der Waals surface area contributed by atoms with Crippen LogP contribution in [0.1, 0.15) is 25.5 Å². The molecule has 108 valence electrons. The molecule has 1 unspecified atom stereocenters. The van der Waals surface area contributed by atoms with Gasteiger partial charge < -0.3 is 10.4 Å². The molecule has 0 aliphatic rings. The average Bonchev–Trinajstić information content (AvgIpc) is 2.95. The monoisotopic (exact) mass is 313 g/mol. The highest BCUT2D eigenvalue weighted by Crippen LogP contribution is 2.22. The van der Waals surface area contributed by atoms with Gasteiger partial charge in [0.25, 0.3) is 0 Å². The predicted molar refractivity (Wildman–Crippen MR) is 81.0 cm³/mol. The minimum absolute atomic E-state index is 0.255. The summed E-state index contributed by atoms with van der Waals surface area (Å²) >= 11 is 7.49. The number of carbonyl (C=O) groups is 1. The Bertz CT molecular complexity index is 620. The van der Waals surface area contributed by atoms with Crippen LogP contribution in [-0.4, -0.2) is 33.0 Å². The van der Waals surface area contributed by atoms with Crippen molar-refractivity contribution >= 4 is 39.9 Å². The van der Waals surface area contributed by atoms with Crippen molar-refractivity contribution in [3.63, 3.8) is 0 Å². The summed E-state index contributed by atoms with van der Waals surface area (Å²) in [5.74, 6) is -0.263. The number of aliphatic hydroxyl groups is 1. The Hall–Kier alpha value is -1.37. The zero-order chi connectivity index (χ0) is 14.5. The van der Waals surface area contributed by atoms with Gasteiger partial charge in [-0.15, -0.1) is 11.3 Å². The van der Waals surface area contributed by atoms with Crippen LogP contribution in [-0.2, 0) is 4.79 Å². The SMILES string of the molecule is CCCC(O)CNC(=O)/C=C/c1c(Cl)nc2sccn12. The van der Waals surface area contributed by atoms with Gasteiger partial charge in [0, 0.05) is 24.2 Å². The van der Waals surface area contributed by atoms with E-state index in [9.17, 15) is 9.90 Å². The lowest BCUT2D eigenvalue weighted by Gasteiger charge is -2.08. The number of hydrogen-bond donors (Lipinski definition) is 2. The number of nitrogens with zero attached hydrogens (tertiary/aromatic N) is 2. The summed E-state index contributed by atoms with van der Waals surface area (Å²) in [5, 5.41) is 14.4. The molecule has 0 bridgehead atoms. The van der Waals surface area contributed by atoms with Gasteiger partial charge in [0.2, 0.25) is 5.91 Å². The zero-order valence-corrected chi connectivity index (χ0v) is 12.6. The molecule has 0 saturated carbocycles. The van der Waals surface area contributed by atoms with Crippen molar-refractivity contribution in [3.8, 4) is 0 Å². The highest BCUT2D eigenvalue weighted by atomic mass is 35.5. The van der Waals surface area contributed by atoms with E-state index in [2.05, 4.69) is 10.3 Å². The summed E-state index contributed by atoms with van der Waals surface area (Å²) in [6, 6.07) is 0. The van der Waals surface area contributed by atoms with Gasteiger partial charge in [0.15, 0.2) is 10.1 Å². The molecule has 2 N–H and O–H groups in total. The van der Waals surface area contributed by atoms with E-state index in [0.29, 0.717) is 17.3 Å². The molecule has 1 atom stereocenters. The van der Waals surface area contributed by atoms with Crippen LogP contribution in [0, 0.1) is 0 Å². The minimum atomic E-state index is -0.500. The Labute approximate surface area is 125 Å². The van der Waals surface area contributed by atoms with Crippen molar-refractivity contribution in [2.75, 3.05) is 6.54 Å². The number of halogens is 1. The van der Waals surface area contributed by atoms with E-state index in [0.717, 1.165) is 11.4 Å². The summed E-state index contributed by atoms with van der Waals surface area (Å²) in [7, 11) is 0. The highest BCUT2D eigenvalue weighted by molar-refractivity contribution is 7.15. The number of rotatable bonds is 6. The first-order chi connectivity index (χ1) is 9.61. The Morgan fingerprint density at radius 1 is 1.70 bits per heavy atom. The van der Waals surface area contributed by atoms with Gasteiger partial charge in [-0.2, -0.15) is 0 Å². The molecule has 0 fully saturated rings. The molecule has 2 aromatic heterocycles. The Balaban J connectivity index is 1.97. The van der Waals surface area contributed by atoms with Crippen LogP contribution in [0.3, 0.4) is 0 Å². The van der Waals surface area contributed by atoms with Gasteiger partial charge in [-0.3, -0.25) is 9.20 Å². The number of amides is 1. The zero-order valence-electron chi connectivity index (χ0n) is 11.0. The number of nitrogens with one attached hydrogen (secondary N) is 1. The molecule has 1 amide bonds. The molecule has 0 aliphatic carbocycles. The van der Waals surface area contributed by atoms with Gasteiger partial charge in [-0.05, 0) is 12.5 Å². The maximum atomic E-state index is 11.7.